The van der Waals surface area contributed by atoms with Gasteiger partial charge in [-0.2, -0.15) is 0 Å². The summed E-state index contributed by atoms with van der Waals surface area (Å²) < 4.78 is 1.20. The van der Waals surface area contributed by atoms with E-state index in [-0.39, 0.29) is 5.91 Å². The van der Waals surface area contributed by atoms with E-state index in [0.29, 0.717) is 6.42 Å². The first kappa shape index (κ1) is 12.9. The second kappa shape index (κ2) is 5.49. The van der Waals surface area contributed by atoms with Crippen molar-refractivity contribution < 1.29 is 4.79 Å². The van der Waals surface area contributed by atoms with E-state index in [9.17, 15) is 4.79 Å². The monoisotopic (exact) mass is 365 g/mol. The Balaban J connectivity index is 1.79. The van der Waals surface area contributed by atoms with Crippen LogP contribution >= 0.6 is 22.6 Å². The van der Waals surface area contributed by atoms with Crippen LogP contribution in [0.1, 0.15) is 18.4 Å². The quantitative estimate of drug-likeness (QED) is 0.826. The third kappa shape index (κ3) is 3.26. The lowest BCUT2D eigenvalue weighted by atomic mass is 10.0. The van der Waals surface area contributed by atoms with E-state index in [2.05, 4.69) is 58.2 Å². The number of halogens is 1. The maximum Gasteiger partial charge on any atom is 0.224 e. The maximum atomic E-state index is 12.0. The average molecular weight is 365 g/mol. The van der Waals surface area contributed by atoms with Crippen LogP contribution in [-0.2, 0) is 11.2 Å². The number of hydrogen-bond donors (Lipinski definition) is 1. The van der Waals surface area contributed by atoms with Gasteiger partial charge in [-0.15, -0.1) is 0 Å². The van der Waals surface area contributed by atoms with Crippen molar-refractivity contribution >= 4 is 39.3 Å². The highest BCUT2D eigenvalue weighted by Crippen LogP contribution is 2.27. The molecule has 1 aliphatic rings. The molecule has 2 nitrogen and oxygen atoms in total. The van der Waals surface area contributed by atoms with Crippen molar-refractivity contribution in [1.82, 2.24) is 5.32 Å². The number of hydrogen-bond acceptors (Lipinski definition) is 1. The van der Waals surface area contributed by atoms with Gasteiger partial charge in [-0.1, -0.05) is 24.3 Å². The third-order valence-electron chi connectivity index (χ3n) is 3.57. The molecule has 0 saturated heterocycles. The van der Waals surface area contributed by atoms with Crippen molar-refractivity contribution in [2.75, 3.05) is 6.54 Å². The SMILES string of the molecule is O=C(Cc1cccc2ccc(I)cc12)NCC1CC1. The van der Waals surface area contributed by atoms with Crippen molar-refractivity contribution in [3.63, 3.8) is 0 Å². The first-order valence-electron chi connectivity index (χ1n) is 6.66. The molecule has 2 aromatic carbocycles. The summed E-state index contributed by atoms with van der Waals surface area (Å²) in [5, 5.41) is 5.42. The Labute approximate surface area is 126 Å². The Morgan fingerprint density at radius 3 is 2.89 bits per heavy atom. The van der Waals surface area contributed by atoms with Crippen LogP contribution in [0, 0.1) is 9.49 Å². The molecule has 98 valence electrons. The van der Waals surface area contributed by atoms with Crippen LogP contribution in [0.2, 0.25) is 0 Å². The fourth-order valence-corrected chi connectivity index (χ4v) is 2.77. The number of amides is 1. The summed E-state index contributed by atoms with van der Waals surface area (Å²) in [5.74, 6) is 0.871. The predicted octanol–water partition coefficient (Wildman–Crippen LogP) is 3.51. The van der Waals surface area contributed by atoms with Gasteiger partial charge in [-0.3, -0.25) is 4.79 Å². The molecule has 0 aromatic heterocycles. The van der Waals surface area contributed by atoms with E-state index < -0.39 is 0 Å². The lowest BCUT2D eigenvalue weighted by molar-refractivity contribution is -0.120. The summed E-state index contributed by atoms with van der Waals surface area (Å²) in [6.07, 6.45) is 3.02. The lowest BCUT2D eigenvalue weighted by Gasteiger charge is -2.08. The van der Waals surface area contributed by atoms with Gasteiger partial charge in [-0.25, -0.2) is 0 Å². The van der Waals surface area contributed by atoms with Gasteiger partial charge in [0.2, 0.25) is 5.91 Å². The van der Waals surface area contributed by atoms with Gasteiger partial charge >= 0.3 is 0 Å². The normalized spacial score (nSPS) is 14.6. The highest BCUT2D eigenvalue weighted by atomic mass is 127. The summed E-state index contributed by atoms with van der Waals surface area (Å²) >= 11 is 2.31. The minimum Gasteiger partial charge on any atom is -0.356 e. The summed E-state index contributed by atoms with van der Waals surface area (Å²) in [6.45, 7) is 0.848. The molecule has 1 fully saturated rings. The summed E-state index contributed by atoms with van der Waals surface area (Å²) in [5.41, 5.74) is 1.12. The minimum atomic E-state index is 0.137. The van der Waals surface area contributed by atoms with Gasteiger partial charge in [0, 0.05) is 10.1 Å². The third-order valence-corrected chi connectivity index (χ3v) is 4.24. The molecule has 0 unspecified atom stereocenters. The minimum absolute atomic E-state index is 0.137. The van der Waals surface area contributed by atoms with Crippen LogP contribution in [0.25, 0.3) is 10.8 Å². The summed E-state index contributed by atoms with van der Waals surface area (Å²) in [6, 6.07) is 12.5. The van der Waals surface area contributed by atoms with Gasteiger partial charge in [0.25, 0.3) is 0 Å². The molecule has 3 heteroatoms. The fourth-order valence-electron chi connectivity index (χ4n) is 2.28. The highest BCUT2D eigenvalue weighted by Gasteiger charge is 2.21. The van der Waals surface area contributed by atoms with Crippen molar-refractivity contribution in [3.8, 4) is 0 Å². The number of fused-ring (bicyclic) bond motifs is 1. The molecule has 0 aliphatic heterocycles. The molecule has 19 heavy (non-hydrogen) atoms. The Morgan fingerprint density at radius 2 is 2.11 bits per heavy atom. The van der Waals surface area contributed by atoms with Crippen LogP contribution in [0.3, 0.4) is 0 Å². The van der Waals surface area contributed by atoms with Crippen LogP contribution in [0.4, 0.5) is 0 Å². The average Bonchev–Trinajstić information content (AvgIpc) is 3.21. The van der Waals surface area contributed by atoms with Crippen LogP contribution in [-0.4, -0.2) is 12.5 Å². The van der Waals surface area contributed by atoms with Gasteiger partial charge in [0.05, 0.1) is 6.42 Å². The van der Waals surface area contributed by atoms with E-state index >= 15 is 0 Å². The number of rotatable bonds is 4. The summed E-state index contributed by atoms with van der Waals surface area (Å²) in [7, 11) is 0. The molecule has 1 saturated carbocycles. The molecule has 0 heterocycles. The maximum absolute atomic E-state index is 12.0. The Hall–Kier alpha value is -1.10. The van der Waals surface area contributed by atoms with Crippen LogP contribution in [0.15, 0.2) is 36.4 Å². The number of benzene rings is 2. The molecule has 0 bridgehead atoms. The molecule has 1 amide bonds. The molecule has 1 aliphatic carbocycles. The van der Waals surface area contributed by atoms with E-state index in [1.54, 1.807) is 0 Å². The van der Waals surface area contributed by atoms with Crippen LogP contribution in [0.5, 0.6) is 0 Å². The van der Waals surface area contributed by atoms with E-state index in [1.807, 2.05) is 6.07 Å². The number of carbonyl (C=O) groups is 1. The molecule has 2 aromatic rings. The zero-order valence-electron chi connectivity index (χ0n) is 10.7. The van der Waals surface area contributed by atoms with Gasteiger partial charge < -0.3 is 5.32 Å². The van der Waals surface area contributed by atoms with Gasteiger partial charge in [0.1, 0.15) is 0 Å². The predicted molar refractivity (Wildman–Crippen MR) is 86.1 cm³/mol. The zero-order chi connectivity index (χ0) is 13.2. The fraction of sp³-hybridized carbons (Fsp3) is 0.312. The zero-order valence-corrected chi connectivity index (χ0v) is 12.8. The number of nitrogens with one attached hydrogen (secondary N) is 1. The second-order valence-electron chi connectivity index (χ2n) is 5.21. The van der Waals surface area contributed by atoms with E-state index in [4.69, 9.17) is 0 Å². The van der Waals surface area contributed by atoms with E-state index in [0.717, 1.165) is 18.0 Å². The first-order valence-corrected chi connectivity index (χ1v) is 7.74. The molecule has 0 spiro atoms. The van der Waals surface area contributed by atoms with Gasteiger partial charge in [-0.05, 0) is 69.8 Å². The highest BCUT2D eigenvalue weighted by molar-refractivity contribution is 14.1. The standard InChI is InChI=1S/C16H16INO/c17-14-7-6-12-2-1-3-13(15(12)9-14)8-16(19)18-10-11-4-5-11/h1-3,6-7,9,11H,4-5,8,10H2,(H,18,19). The number of carbonyl (C=O) groups excluding carboxylic acids is 1. The Bertz CT molecular complexity index is 619. The molecular formula is C16H16INO. The second-order valence-corrected chi connectivity index (χ2v) is 6.45. The largest absolute Gasteiger partial charge is 0.356 e. The first-order chi connectivity index (χ1) is 9.22. The molecule has 3 rings (SSSR count). The summed E-state index contributed by atoms with van der Waals surface area (Å²) in [4.78, 5) is 12.0. The lowest BCUT2D eigenvalue weighted by Crippen LogP contribution is -2.27. The smallest absolute Gasteiger partial charge is 0.224 e. The molecule has 0 radical (unpaired) electrons. The molecule has 1 N–H and O–H groups in total. The van der Waals surface area contributed by atoms with Crippen molar-refractivity contribution in [2.24, 2.45) is 5.92 Å². The van der Waals surface area contributed by atoms with E-state index in [1.165, 1.54) is 27.2 Å². The van der Waals surface area contributed by atoms with Crippen molar-refractivity contribution in [2.45, 2.75) is 19.3 Å². The van der Waals surface area contributed by atoms with Crippen molar-refractivity contribution in [1.29, 1.82) is 0 Å². The molecular weight excluding hydrogens is 349 g/mol. The Morgan fingerprint density at radius 1 is 1.26 bits per heavy atom. The molecule has 0 atom stereocenters. The Kier molecular flexibility index (Phi) is 3.73. The topological polar surface area (TPSA) is 29.1 Å². The van der Waals surface area contributed by atoms with Crippen molar-refractivity contribution in [3.05, 3.63) is 45.5 Å². The van der Waals surface area contributed by atoms with Gasteiger partial charge in [0.15, 0.2) is 0 Å². The van der Waals surface area contributed by atoms with Crippen LogP contribution < -0.4 is 5.32 Å².